The molecule has 0 unspecified atom stereocenters. The van der Waals surface area contributed by atoms with Crippen LogP contribution in [0, 0.1) is 10.4 Å². The van der Waals surface area contributed by atoms with Crippen LogP contribution in [-0.2, 0) is 4.74 Å². The lowest BCUT2D eigenvalue weighted by atomic mass is 10.4. The third-order valence-corrected chi connectivity index (χ3v) is 1.42. The molecule has 0 aliphatic carbocycles. The van der Waals surface area contributed by atoms with Crippen LogP contribution in [-0.4, -0.2) is 63.8 Å². The molecule has 1 aliphatic heterocycles. The zero-order valence-corrected chi connectivity index (χ0v) is 8.95. The predicted molar refractivity (Wildman–Crippen MR) is 51.5 cm³/mol. The maximum Gasteiger partial charge on any atom is 0.102 e. The van der Waals surface area contributed by atoms with E-state index in [2.05, 4.69) is 0 Å². The summed E-state index contributed by atoms with van der Waals surface area (Å²) in [5, 5.41) is 21.0. The first-order valence-corrected chi connectivity index (χ1v) is 4.36. The van der Waals surface area contributed by atoms with Crippen molar-refractivity contribution in [2.24, 2.45) is 0 Å². The second-order valence-electron chi connectivity index (χ2n) is 4.25. The minimum absolute atomic E-state index is 0.125. The van der Waals surface area contributed by atoms with Gasteiger partial charge in [-0.2, -0.15) is 0 Å². The molecule has 1 fully saturated rings. The van der Waals surface area contributed by atoms with Gasteiger partial charge in [-0.15, -0.1) is 0 Å². The molecule has 0 N–H and O–H groups in total. The summed E-state index contributed by atoms with van der Waals surface area (Å²) in [5.41, 5.74) is 0. The highest BCUT2D eigenvalue weighted by atomic mass is 16.6. The van der Waals surface area contributed by atoms with Gasteiger partial charge in [0.15, 0.2) is 0 Å². The summed E-state index contributed by atoms with van der Waals surface area (Å²) < 4.78 is 4.61. The Kier molecular flexibility index (Phi) is 4.80. The Morgan fingerprint density at radius 3 is 1.62 bits per heavy atom. The van der Waals surface area contributed by atoms with Gasteiger partial charge in [0.25, 0.3) is 0 Å². The van der Waals surface area contributed by atoms with E-state index < -0.39 is 0 Å². The van der Waals surface area contributed by atoms with Crippen LogP contribution in [0.15, 0.2) is 0 Å². The molecule has 0 aromatic carbocycles. The van der Waals surface area contributed by atoms with Gasteiger partial charge < -0.3 is 24.4 Å². The van der Waals surface area contributed by atoms with Gasteiger partial charge in [0, 0.05) is 0 Å². The number of ether oxygens (including phenoxy) is 1. The summed E-state index contributed by atoms with van der Waals surface area (Å²) in [4.78, 5) is 0. The van der Waals surface area contributed by atoms with Gasteiger partial charge in [-0.3, -0.25) is 0 Å². The molecule has 5 heteroatoms. The molecule has 1 saturated heterocycles. The molecule has 13 heavy (non-hydrogen) atoms. The summed E-state index contributed by atoms with van der Waals surface area (Å²) in [7, 11) is 6.39. The Morgan fingerprint density at radius 2 is 1.46 bits per heavy atom. The second kappa shape index (κ2) is 4.88. The molecule has 1 heterocycles. The Morgan fingerprint density at radius 1 is 1.15 bits per heavy atom. The summed E-state index contributed by atoms with van der Waals surface area (Å²) in [6.45, 7) is 2.47. The number of nitrogens with zero attached hydrogens (tertiary/aromatic N) is 2. The fourth-order valence-corrected chi connectivity index (χ4v) is 0.729. The van der Waals surface area contributed by atoms with Gasteiger partial charge in [0.05, 0.1) is 41.4 Å². The van der Waals surface area contributed by atoms with Crippen LogP contribution in [0.2, 0.25) is 0 Å². The molecule has 0 aromatic rings. The van der Waals surface area contributed by atoms with Crippen LogP contribution < -0.4 is 0 Å². The van der Waals surface area contributed by atoms with E-state index in [1.165, 1.54) is 0 Å². The Bertz CT molecular complexity index is 129. The monoisotopic (exact) mass is 192 g/mol. The van der Waals surface area contributed by atoms with Crippen molar-refractivity contribution in [2.45, 2.75) is 0 Å². The van der Waals surface area contributed by atoms with E-state index in [9.17, 15) is 10.4 Å². The Balaban J connectivity index is 0.000000252. The average Bonchev–Trinajstić information content (AvgIpc) is 1.82. The quantitative estimate of drug-likeness (QED) is 0.312. The highest BCUT2D eigenvalue weighted by Crippen LogP contribution is 2.02. The molecule has 80 valence electrons. The van der Waals surface area contributed by atoms with Gasteiger partial charge in [-0.05, 0) is 0 Å². The van der Waals surface area contributed by atoms with Crippen molar-refractivity contribution in [1.29, 1.82) is 0 Å². The molecular formula is C8H20N2O3. The smallest absolute Gasteiger partial charge is 0.102 e. The first kappa shape index (κ1) is 12.8. The van der Waals surface area contributed by atoms with Crippen LogP contribution in [0.25, 0.3) is 0 Å². The lowest BCUT2D eigenvalue weighted by Gasteiger charge is -2.41. The molecule has 0 saturated carbocycles. The third kappa shape index (κ3) is 11.8. The summed E-state index contributed by atoms with van der Waals surface area (Å²) in [5.74, 6) is 0. The van der Waals surface area contributed by atoms with Crippen molar-refractivity contribution in [1.82, 2.24) is 0 Å². The average molecular weight is 192 g/mol. The number of rotatable bonds is 0. The van der Waals surface area contributed by atoms with Gasteiger partial charge >= 0.3 is 0 Å². The molecule has 1 rings (SSSR count). The molecule has 0 atom stereocenters. The van der Waals surface area contributed by atoms with Crippen molar-refractivity contribution in [2.75, 3.05) is 54.5 Å². The fraction of sp³-hybridized carbons (Fsp3) is 1.00. The van der Waals surface area contributed by atoms with E-state index in [0.29, 0.717) is 26.3 Å². The molecule has 0 bridgehead atoms. The minimum Gasteiger partial charge on any atom is -0.633 e. The number of quaternary nitrogens is 2. The van der Waals surface area contributed by atoms with Crippen LogP contribution in [0.5, 0.6) is 0 Å². The number of morpholine rings is 1. The number of hydroxylamine groups is 6. The lowest BCUT2D eigenvalue weighted by molar-refractivity contribution is -0.869. The summed E-state index contributed by atoms with van der Waals surface area (Å²) in [6, 6.07) is 0. The van der Waals surface area contributed by atoms with E-state index in [-0.39, 0.29) is 9.29 Å². The first-order valence-electron chi connectivity index (χ1n) is 4.36. The third-order valence-electron chi connectivity index (χ3n) is 1.42. The van der Waals surface area contributed by atoms with Crippen molar-refractivity contribution >= 4 is 0 Å². The van der Waals surface area contributed by atoms with E-state index in [4.69, 9.17) is 4.74 Å². The SMILES string of the molecule is C[N+](C)(C)[O-].C[N+]1([O-])CCOCC1. The second-order valence-corrected chi connectivity index (χ2v) is 4.25. The fourth-order valence-electron chi connectivity index (χ4n) is 0.729. The van der Waals surface area contributed by atoms with Crippen LogP contribution in [0.1, 0.15) is 0 Å². The standard InChI is InChI=1S/C5H11NO2.C3H9NO/c1-6(7)2-4-8-5-3-6;1-4(2,3)5/h2-5H2,1H3;1-3H3. The van der Waals surface area contributed by atoms with E-state index >= 15 is 0 Å². The van der Waals surface area contributed by atoms with Crippen LogP contribution >= 0.6 is 0 Å². The molecule has 1 aliphatic rings. The summed E-state index contributed by atoms with van der Waals surface area (Å²) in [6.07, 6.45) is 0. The first-order chi connectivity index (χ1) is 5.71. The van der Waals surface area contributed by atoms with Crippen molar-refractivity contribution < 1.29 is 14.0 Å². The minimum atomic E-state index is -0.250. The molecule has 0 amide bonds. The summed E-state index contributed by atoms with van der Waals surface area (Å²) >= 11 is 0. The van der Waals surface area contributed by atoms with E-state index in [1.807, 2.05) is 0 Å². The molecule has 5 nitrogen and oxygen atoms in total. The highest BCUT2D eigenvalue weighted by molar-refractivity contribution is 4.44. The van der Waals surface area contributed by atoms with Crippen molar-refractivity contribution in [3.8, 4) is 0 Å². The van der Waals surface area contributed by atoms with E-state index in [1.54, 1.807) is 28.2 Å². The lowest BCUT2D eigenvalue weighted by Crippen LogP contribution is -2.46. The maximum atomic E-state index is 11.0. The highest BCUT2D eigenvalue weighted by Gasteiger charge is 2.13. The number of hydrogen-bond donors (Lipinski definition) is 0. The normalized spacial score (nSPS) is 21.7. The molecule has 0 spiro atoms. The van der Waals surface area contributed by atoms with E-state index in [0.717, 1.165) is 0 Å². The van der Waals surface area contributed by atoms with Gasteiger partial charge in [-0.1, -0.05) is 0 Å². The van der Waals surface area contributed by atoms with Gasteiger partial charge in [-0.25, -0.2) is 0 Å². The molecule has 0 radical (unpaired) electrons. The van der Waals surface area contributed by atoms with Crippen LogP contribution in [0.3, 0.4) is 0 Å². The van der Waals surface area contributed by atoms with Gasteiger partial charge in [0.1, 0.15) is 13.1 Å². The molecule has 0 aromatic heterocycles. The van der Waals surface area contributed by atoms with Gasteiger partial charge in [0.2, 0.25) is 0 Å². The largest absolute Gasteiger partial charge is 0.633 e. The van der Waals surface area contributed by atoms with Crippen molar-refractivity contribution in [3.05, 3.63) is 10.4 Å². The maximum absolute atomic E-state index is 11.0. The number of hydrogen-bond acceptors (Lipinski definition) is 3. The zero-order valence-electron chi connectivity index (χ0n) is 8.95. The zero-order chi connectivity index (χ0) is 10.5. The Hall–Kier alpha value is -0.200. The van der Waals surface area contributed by atoms with Crippen LogP contribution in [0.4, 0.5) is 0 Å². The number of likely N-dealkylation sites (N-methyl/N-ethyl adjacent to an activating group) is 1. The molecular weight excluding hydrogens is 172 g/mol. The predicted octanol–water partition coefficient (Wildman–Crippen LogP) is 0.151. The van der Waals surface area contributed by atoms with Crippen molar-refractivity contribution in [3.63, 3.8) is 0 Å². The Labute approximate surface area is 79.8 Å². The topological polar surface area (TPSA) is 55.3 Å².